The first-order valence-electron chi connectivity index (χ1n) is 11.1. The number of fused-ring (bicyclic) bond motifs is 1. The fraction of sp³-hybridized carbons (Fsp3) is 0.462. The molecule has 0 unspecified atom stereocenters. The number of piperidine rings is 1. The molecule has 1 aromatic heterocycles. The van der Waals surface area contributed by atoms with Crippen molar-refractivity contribution in [1.29, 1.82) is 0 Å². The van der Waals surface area contributed by atoms with Gasteiger partial charge in [-0.25, -0.2) is 14.2 Å². The van der Waals surface area contributed by atoms with Crippen LogP contribution in [0.2, 0.25) is 0 Å². The Kier molecular flexibility index (Phi) is 6.54. The molecule has 1 fully saturated rings. The van der Waals surface area contributed by atoms with Crippen molar-refractivity contribution in [3.05, 3.63) is 53.2 Å². The van der Waals surface area contributed by atoms with Crippen LogP contribution >= 0.6 is 0 Å². The van der Waals surface area contributed by atoms with E-state index in [2.05, 4.69) is 0 Å². The predicted octanol–water partition coefficient (Wildman–Crippen LogP) is 6.40. The highest BCUT2D eigenvalue weighted by molar-refractivity contribution is 5.93. The average Bonchev–Trinajstić information content (AvgIpc) is 3.03. The van der Waals surface area contributed by atoms with Crippen LogP contribution in [0.4, 0.5) is 9.59 Å². The van der Waals surface area contributed by atoms with Gasteiger partial charge >= 0.3 is 12.2 Å². The van der Waals surface area contributed by atoms with E-state index in [-0.39, 0.29) is 6.09 Å². The molecule has 1 saturated heterocycles. The number of nitrogens with zero attached hydrogens (tertiary/aromatic N) is 2. The molecule has 0 aliphatic carbocycles. The lowest BCUT2D eigenvalue weighted by molar-refractivity contribution is 0.0259. The Morgan fingerprint density at radius 2 is 1.56 bits per heavy atom. The Labute approximate surface area is 190 Å². The van der Waals surface area contributed by atoms with E-state index in [0.29, 0.717) is 19.5 Å². The molecule has 0 spiro atoms. The van der Waals surface area contributed by atoms with Crippen LogP contribution in [0, 0.1) is 0 Å². The zero-order chi connectivity index (χ0) is 23.7. The summed E-state index contributed by atoms with van der Waals surface area (Å²) in [5.74, 6) is 0. The van der Waals surface area contributed by atoms with Crippen molar-refractivity contribution in [2.75, 3.05) is 13.1 Å². The second-order valence-corrected chi connectivity index (χ2v) is 10.1. The second kappa shape index (κ2) is 8.85. The van der Waals surface area contributed by atoms with Crippen molar-refractivity contribution in [2.45, 2.75) is 66.1 Å². The molecule has 0 radical (unpaired) electrons. The van der Waals surface area contributed by atoms with Gasteiger partial charge in [-0.3, -0.25) is 0 Å². The molecule has 2 heterocycles. The van der Waals surface area contributed by atoms with Gasteiger partial charge < -0.3 is 14.4 Å². The van der Waals surface area contributed by atoms with Gasteiger partial charge in [-0.1, -0.05) is 24.3 Å². The van der Waals surface area contributed by atoms with E-state index in [9.17, 15) is 9.59 Å². The van der Waals surface area contributed by atoms with Gasteiger partial charge in [-0.05, 0) is 84.2 Å². The van der Waals surface area contributed by atoms with Gasteiger partial charge in [0.25, 0.3) is 0 Å². The van der Waals surface area contributed by atoms with Gasteiger partial charge in [0.05, 0.1) is 11.2 Å². The maximum atomic E-state index is 13.1. The summed E-state index contributed by atoms with van der Waals surface area (Å²) in [6, 6.07) is 9.77. The minimum absolute atomic E-state index is 0.307. The Morgan fingerprint density at radius 1 is 0.938 bits per heavy atom. The van der Waals surface area contributed by atoms with E-state index in [1.807, 2.05) is 91.0 Å². The minimum atomic E-state index is -0.597. The summed E-state index contributed by atoms with van der Waals surface area (Å²) >= 11 is 0. The molecule has 6 heteroatoms. The summed E-state index contributed by atoms with van der Waals surface area (Å²) in [6.07, 6.45) is 4.01. The highest BCUT2D eigenvalue weighted by Gasteiger charge is 2.27. The number of amides is 1. The third-order valence-corrected chi connectivity index (χ3v) is 5.06. The van der Waals surface area contributed by atoms with Crippen molar-refractivity contribution in [3.8, 4) is 0 Å². The maximum Gasteiger partial charge on any atom is 0.419 e. The van der Waals surface area contributed by atoms with Crippen LogP contribution in [0.1, 0.15) is 60.6 Å². The van der Waals surface area contributed by atoms with Crippen LogP contribution in [-0.2, 0) is 9.47 Å². The van der Waals surface area contributed by atoms with Crippen molar-refractivity contribution < 1.29 is 19.1 Å². The number of benzene rings is 1. The number of carbonyl (C=O) groups is 2. The van der Waals surface area contributed by atoms with Gasteiger partial charge in [0, 0.05) is 18.5 Å². The summed E-state index contributed by atoms with van der Waals surface area (Å²) in [4.78, 5) is 27.3. The molecule has 1 aromatic carbocycles. The molecule has 1 amide bonds. The van der Waals surface area contributed by atoms with Gasteiger partial charge in [0.2, 0.25) is 0 Å². The molecule has 0 atom stereocenters. The van der Waals surface area contributed by atoms with Crippen molar-refractivity contribution in [3.63, 3.8) is 0 Å². The summed E-state index contributed by atoms with van der Waals surface area (Å²) in [7, 11) is 0. The number of allylic oxidation sites excluding steroid dienone is 1. The highest BCUT2D eigenvalue weighted by Crippen LogP contribution is 2.29. The topological polar surface area (TPSA) is 60.8 Å². The molecule has 0 N–H and O–H groups in total. The second-order valence-electron chi connectivity index (χ2n) is 10.1. The third kappa shape index (κ3) is 5.61. The Hall–Kier alpha value is -3.02. The lowest BCUT2D eigenvalue weighted by atomic mass is 9.96. The third-order valence-electron chi connectivity index (χ3n) is 5.06. The zero-order valence-electron chi connectivity index (χ0n) is 20.2. The maximum absolute atomic E-state index is 13.1. The number of rotatable bonds is 1. The standard InChI is InChI=1S/C26H34N2O4/c1-8-18-17-27(23(29)31-25(2,3)4)14-13-19(18)15-21-16-20-11-9-10-12-22(20)28(21)24(30)32-26(5,6)7/h8-12,15-16H,13-14,17H2,1-7H3/b18-8-,19-15-. The molecule has 0 saturated carbocycles. The van der Waals surface area contributed by atoms with Gasteiger partial charge in [-0.15, -0.1) is 0 Å². The van der Waals surface area contributed by atoms with Crippen LogP contribution in [0.3, 0.4) is 0 Å². The largest absolute Gasteiger partial charge is 0.444 e. The summed E-state index contributed by atoms with van der Waals surface area (Å²) in [5.41, 5.74) is 2.59. The summed E-state index contributed by atoms with van der Waals surface area (Å²) in [5, 5.41) is 0.971. The molecular weight excluding hydrogens is 404 g/mol. The quantitative estimate of drug-likeness (QED) is 0.517. The van der Waals surface area contributed by atoms with E-state index in [1.54, 1.807) is 9.47 Å². The first-order chi connectivity index (χ1) is 14.9. The van der Waals surface area contributed by atoms with Crippen LogP contribution < -0.4 is 0 Å². The lowest BCUT2D eigenvalue weighted by Gasteiger charge is -2.32. The van der Waals surface area contributed by atoms with Gasteiger partial charge in [-0.2, -0.15) is 0 Å². The Balaban J connectivity index is 1.94. The summed E-state index contributed by atoms with van der Waals surface area (Å²) < 4.78 is 12.8. The number of ether oxygens (including phenoxy) is 2. The summed E-state index contributed by atoms with van der Waals surface area (Å²) in [6.45, 7) is 14.2. The monoisotopic (exact) mass is 438 g/mol. The molecule has 2 aromatic rings. The van der Waals surface area contributed by atoms with Crippen molar-refractivity contribution in [1.82, 2.24) is 9.47 Å². The first-order valence-corrected chi connectivity index (χ1v) is 11.1. The molecule has 32 heavy (non-hydrogen) atoms. The van der Waals surface area contributed by atoms with Crippen molar-refractivity contribution in [2.24, 2.45) is 0 Å². The minimum Gasteiger partial charge on any atom is -0.444 e. The molecule has 3 rings (SSSR count). The fourth-order valence-corrected chi connectivity index (χ4v) is 3.70. The molecule has 172 valence electrons. The lowest BCUT2D eigenvalue weighted by Crippen LogP contribution is -2.41. The number of hydrogen-bond acceptors (Lipinski definition) is 4. The number of carbonyl (C=O) groups excluding carboxylic acids is 2. The normalized spacial score (nSPS) is 17.8. The van der Waals surface area contributed by atoms with E-state index in [0.717, 1.165) is 27.7 Å². The first kappa shape index (κ1) is 23.6. The smallest absolute Gasteiger partial charge is 0.419 e. The van der Waals surface area contributed by atoms with Crippen LogP contribution in [0.15, 0.2) is 47.6 Å². The number of likely N-dealkylation sites (tertiary alicyclic amines) is 1. The fourth-order valence-electron chi connectivity index (χ4n) is 3.70. The van der Waals surface area contributed by atoms with Gasteiger partial charge in [0.15, 0.2) is 0 Å². The highest BCUT2D eigenvalue weighted by atomic mass is 16.6. The molecule has 1 aliphatic rings. The molecular formula is C26H34N2O4. The van der Waals surface area contributed by atoms with E-state index in [1.165, 1.54) is 0 Å². The number of hydrogen-bond donors (Lipinski definition) is 0. The molecule has 1 aliphatic heterocycles. The Bertz CT molecular complexity index is 1080. The zero-order valence-corrected chi connectivity index (χ0v) is 20.2. The molecule has 0 bridgehead atoms. The van der Waals surface area contributed by atoms with Crippen molar-refractivity contribution >= 4 is 29.2 Å². The van der Waals surface area contributed by atoms with Crippen LogP contribution in [-0.4, -0.2) is 45.9 Å². The van der Waals surface area contributed by atoms with Crippen LogP contribution in [0.5, 0.6) is 0 Å². The van der Waals surface area contributed by atoms with Gasteiger partial charge in [0.1, 0.15) is 11.2 Å². The number of aromatic nitrogens is 1. The van der Waals surface area contributed by atoms with E-state index < -0.39 is 17.3 Å². The average molecular weight is 439 g/mol. The Morgan fingerprint density at radius 3 is 2.19 bits per heavy atom. The molecule has 6 nitrogen and oxygen atoms in total. The predicted molar refractivity (Wildman–Crippen MR) is 128 cm³/mol. The number of para-hydroxylation sites is 1. The van der Waals surface area contributed by atoms with Crippen LogP contribution in [0.25, 0.3) is 17.0 Å². The SMILES string of the molecule is C/C=C1/CN(C(=O)OC(C)(C)C)CC/C1=C/c1cc2ccccc2n1C(=O)OC(C)(C)C. The van der Waals surface area contributed by atoms with E-state index >= 15 is 0 Å². The van der Waals surface area contributed by atoms with E-state index in [4.69, 9.17) is 9.47 Å².